The number of rotatable bonds is 6. The van der Waals surface area contributed by atoms with Crippen molar-refractivity contribution in [3.63, 3.8) is 0 Å². The first kappa shape index (κ1) is 16.3. The first-order valence-corrected chi connectivity index (χ1v) is 7.57. The van der Waals surface area contributed by atoms with Gasteiger partial charge in [0.1, 0.15) is 5.82 Å². The van der Waals surface area contributed by atoms with Crippen molar-refractivity contribution in [1.82, 2.24) is 5.32 Å². The zero-order chi connectivity index (χ0) is 15.4. The number of benzene rings is 1. The molecule has 1 aliphatic heterocycles. The van der Waals surface area contributed by atoms with Crippen LogP contribution in [0.2, 0.25) is 0 Å². The molecule has 0 aliphatic carbocycles. The monoisotopic (exact) mass is 301 g/mol. The summed E-state index contributed by atoms with van der Waals surface area (Å²) in [6.45, 7) is 5.34. The van der Waals surface area contributed by atoms with Gasteiger partial charge in [-0.25, -0.2) is 13.2 Å². The maximum atomic E-state index is 14.1. The van der Waals surface area contributed by atoms with E-state index in [0.29, 0.717) is 19.2 Å². The zero-order valence-corrected chi connectivity index (χ0v) is 12.5. The summed E-state index contributed by atoms with van der Waals surface area (Å²) in [6.07, 6.45) is 2.51. The number of hydrogen-bond acceptors (Lipinski definition) is 2. The summed E-state index contributed by atoms with van der Waals surface area (Å²) in [5.74, 6) is -2.80. The molecular weight excluding hydrogens is 279 g/mol. The van der Waals surface area contributed by atoms with Gasteiger partial charge in [-0.2, -0.15) is 0 Å². The number of halogens is 3. The van der Waals surface area contributed by atoms with Gasteiger partial charge in [-0.15, -0.1) is 0 Å². The van der Waals surface area contributed by atoms with Crippen LogP contribution >= 0.6 is 0 Å². The van der Waals surface area contributed by atoms with Gasteiger partial charge >= 0.3 is 0 Å². The van der Waals surface area contributed by atoms with E-state index in [0.717, 1.165) is 25.3 Å². The first-order valence-electron chi connectivity index (χ1n) is 7.57. The zero-order valence-electron chi connectivity index (χ0n) is 12.5. The molecule has 1 N–H and O–H groups in total. The Balaban J connectivity index is 2.33. The number of nitrogens with one attached hydrogen (secondary N) is 1. The molecule has 1 heterocycles. The molecule has 0 amide bonds. The molecule has 0 radical (unpaired) electrons. The van der Waals surface area contributed by atoms with Gasteiger partial charge in [-0.1, -0.05) is 13.8 Å². The van der Waals surface area contributed by atoms with Crippen LogP contribution in [-0.4, -0.2) is 19.3 Å². The van der Waals surface area contributed by atoms with E-state index >= 15 is 0 Å². The molecule has 3 unspecified atom stereocenters. The Labute approximate surface area is 123 Å². The number of hydrogen-bond donors (Lipinski definition) is 1. The topological polar surface area (TPSA) is 21.3 Å². The molecule has 1 aromatic carbocycles. The third-order valence-corrected chi connectivity index (χ3v) is 4.08. The average molecular weight is 301 g/mol. The highest BCUT2D eigenvalue weighted by Gasteiger charge is 2.35. The summed E-state index contributed by atoms with van der Waals surface area (Å²) < 4.78 is 46.4. The van der Waals surface area contributed by atoms with Crippen LogP contribution in [0.1, 0.15) is 44.7 Å². The largest absolute Gasteiger partial charge is 0.378 e. The van der Waals surface area contributed by atoms with E-state index in [-0.39, 0.29) is 23.6 Å². The molecule has 1 fully saturated rings. The molecule has 0 saturated carbocycles. The SMILES string of the molecule is CCCNC(c1cc(F)c(F)cc1F)C1CCOC1CC. The quantitative estimate of drug-likeness (QED) is 0.803. The van der Waals surface area contributed by atoms with Gasteiger partial charge in [0.2, 0.25) is 0 Å². The summed E-state index contributed by atoms with van der Waals surface area (Å²) >= 11 is 0. The maximum Gasteiger partial charge on any atom is 0.161 e. The van der Waals surface area contributed by atoms with E-state index in [1.807, 2.05) is 13.8 Å². The molecule has 2 rings (SSSR count). The second-order valence-corrected chi connectivity index (χ2v) is 5.49. The lowest BCUT2D eigenvalue weighted by Crippen LogP contribution is -2.34. The van der Waals surface area contributed by atoms with Crippen LogP contribution in [0.5, 0.6) is 0 Å². The van der Waals surface area contributed by atoms with Crippen LogP contribution in [-0.2, 0) is 4.74 Å². The summed E-state index contributed by atoms with van der Waals surface area (Å²) in [4.78, 5) is 0. The predicted molar refractivity (Wildman–Crippen MR) is 75.5 cm³/mol. The van der Waals surface area contributed by atoms with Crippen LogP contribution < -0.4 is 5.32 Å². The lowest BCUT2D eigenvalue weighted by atomic mass is 9.86. The van der Waals surface area contributed by atoms with Gasteiger partial charge in [0.05, 0.1) is 6.10 Å². The molecule has 1 aromatic rings. The third-order valence-electron chi connectivity index (χ3n) is 4.08. The van der Waals surface area contributed by atoms with Gasteiger partial charge in [0.25, 0.3) is 0 Å². The predicted octanol–water partition coefficient (Wildman–Crippen LogP) is 3.96. The fourth-order valence-corrected chi connectivity index (χ4v) is 3.03. The Kier molecular flexibility index (Phi) is 5.65. The molecular formula is C16H22F3NO. The van der Waals surface area contributed by atoms with Crippen LogP contribution in [0.4, 0.5) is 13.2 Å². The van der Waals surface area contributed by atoms with Crippen molar-refractivity contribution in [1.29, 1.82) is 0 Å². The number of ether oxygens (including phenoxy) is 1. The highest BCUT2D eigenvalue weighted by molar-refractivity contribution is 5.25. The van der Waals surface area contributed by atoms with E-state index < -0.39 is 17.5 Å². The van der Waals surface area contributed by atoms with E-state index in [1.165, 1.54) is 0 Å². The van der Waals surface area contributed by atoms with Crippen molar-refractivity contribution in [3.8, 4) is 0 Å². The Bertz CT molecular complexity index is 481. The lowest BCUT2D eigenvalue weighted by molar-refractivity contribution is 0.0769. The Hall–Kier alpha value is -1.07. The molecule has 0 spiro atoms. The Morgan fingerprint density at radius 2 is 1.90 bits per heavy atom. The maximum absolute atomic E-state index is 14.1. The second kappa shape index (κ2) is 7.27. The minimum atomic E-state index is -1.15. The molecule has 1 saturated heterocycles. The minimum absolute atomic E-state index is 0.0203. The van der Waals surface area contributed by atoms with Gasteiger partial charge < -0.3 is 10.1 Å². The van der Waals surface area contributed by atoms with Gasteiger partial charge in [-0.05, 0) is 31.9 Å². The van der Waals surface area contributed by atoms with Crippen molar-refractivity contribution in [2.75, 3.05) is 13.2 Å². The summed E-state index contributed by atoms with van der Waals surface area (Å²) in [5.41, 5.74) is 0.191. The smallest absolute Gasteiger partial charge is 0.161 e. The first-order chi connectivity index (χ1) is 10.1. The van der Waals surface area contributed by atoms with E-state index in [9.17, 15) is 13.2 Å². The van der Waals surface area contributed by atoms with Crippen LogP contribution in [0.3, 0.4) is 0 Å². The third kappa shape index (κ3) is 3.58. The van der Waals surface area contributed by atoms with Gasteiger partial charge in [-0.3, -0.25) is 0 Å². The van der Waals surface area contributed by atoms with Crippen molar-refractivity contribution < 1.29 is 17.9 Å². The Morgan fingerprint density at radius 1 is 1.19 bits per heavy atom. The molecule has 2 nitrogen and oxygen atoms in total. The standard InChI is InChI=1S/C16H22F3NO/c1-3-6-20-16(10-5-7-21-15(10)4-2)11-8-13(18)14(19)9-12(11)17/h8-10,15-16,20H,3-7H2,1-2H3. The van der Waals surface area contributed by atoms with E-state index in [4.69, 9.17) is 4.74 Å². The fraction of sp³-hybridized carbons (Fsp3) is 0.625. The lowest BCUT2D eigenvalue weighted by Gasteiger charge is -2.29. The van der Waals surface area contributed by atoms with Crippen molar-refractivity contribution in [2.24, 2.45) is 5.92 Å². The van der Waals surface area contributed by atoms with Crippen LogP contribution in [0.25, 0.3) is 0 Å². The molecule has 3 atom stereocenters. The molecule has 0 aromatic heterocycles. The fourth-order valence-electron chi connectivity index (χ4n) is 3.03. The van der Waals surface area contributed by atoms with Crippen molar-refractivity contribution in [3.05, 3.63) is 35.1 Å². The average Bonchev–Trinajstić information content (AvgIpc) is 2.93. The molecule has 0 bridgehead atoms. The van der Waals surface area contributed by atoms with E-state index in [1.54, 1.807) is 0 Å². The summed E-state index contributed by atoms with van der Waals surface area (Å²) in [7, 11) is 0. The Morgan fingerprint density at radius 3 is 2.57 bits per heavy atom. The molecule has 21 heavy (non-hydrogen) atoms. The van der Waals surface area contributed by atoms with Crippen LogP contribution in [0, 0.1) is 23.4 Å². The van der Waals surface area contributed by atoms with Gasteiger partial charge in [0.15, 0.2) is 11.6 Å². The second-order valence-electron chi connectivity index (χ2n) is 5.49. The minimum Gasteiger partial charge on any atom is -0.378 e. The van der Waals surface area contributed by atoms with Crippen LogP contribution in [0.15, 0.2) is 12.1 Å². The van der Waals surface area contributed by atoms with Crippen molar-refractivity contribution >= 4 is 0 Å². The summed E-state index contributed by atoms with van der Waals surface area (Å²) in [6, 6.07) is 1.25. The highest BCUT2D eigenvalue weighted by atomic mass is 19.2. The summed E-state index contributed by atoms with van der Waals surface area (Å²) in [5, 5.41) is 3.27. The highest BCUT2D eigenvalue weighted by Crippen LogP contribution is 2.36. The normalized spacial score (nSPS) is 23.5. The molecule has 1 aliphatic rings. The molecule has 118 valence electrons. The van der Waals surface area contributed by atoms with Crippen molar-refractivity contribution in [2.45, 2.75) is 45.3 Å². The molecule has 5 heteroatoms. The van der Waals surface area contributed by atoms with E-state index in [2.05, 4.69) is 5.32 Å². The van der Waals surface area contributed by atoms with Gasteiger partial charge in [0, 0.05) is 30.2 Å².